The molecule has 3 aromatic carbocycles. The normalized spacial score (nSPS) is 17.0. The highest BCUT2D eigenvalue weighted by Crippen LogP contribution is 2.30. The molecule has 0 spiro atoms. The Balaban J connectivity index is 1.52. The molecular weight excluding hydrogens is 603 g/mol. The molecule has 1 heterocycles. The van der Waals surface area contributed by atoms with E-state index in [-0.39, 0.29) is 30.4 Å². The number of alkyl halides is 3. The van der Waals surface area contributed by atoms with Crippen LogP contribution < -0.4 is 10.0 Å². The monoisotopic (exact) mass is 635 g/mol. The van der Waals surface area contributed by atoms with E-state index in [1.165, 1.54) is 28.6 Å². The van der Waals surface area contributed by atoms with Crippen LogP contribution in [0, 0.1) is 0 Å². The lowest BCUT2D eigenvalue weighted by Crippen LogP contribution is -2.42. The molecule has 43 heavy (non-hydrogen) atoms. The Morgan fingerprint density at radius 3 is 2.21 bits per heavy atom. The topological polar surface area (TPSA) is 113 Å². The maximum atomic E-state index is 13.5. The van der Waals surface area contributed by atoms with Crippen LogP contribution in [0.25, 0.3) is 0 Å². The van der Waals surface area contributed by atoms with E-state index in [9.17, 15) is 34.8 Å². The largest absolute Gasteiger partial charge is 0.416 e. The molecule has 0 saturated carbocycles. The van der Waals surface area contributed by atoms with Crippen molar-refractivity contribution in [2.75, 3.05) is 13.1 Å². The van der Waals surface area contributed by atoms with Crippen LogP contribution in [0.3, 0.4) is 0 Å². The molecule has 3 aromatic rings. The molecule has 230 valence electrons. The summed E-state index contributed by atoms with van der Waals surface area (Å²) in [5.41, 5.74) is 1.15. The Bertz CT molecular complexity index is 1630. The van der Waals surface area contributed by atoms with Gasteiger partial charge in [0.2, 0.25) is 26.0 Å². The third kappa shape index (κ3) is 8.31. The van der Waals surface area contributed by atoms with Gasteiger partial charge in [-0.15, -0.1) is 0 Å². The van der Waals surface area contributed by atoms with Crippen molar-refractivity contribution in [1.82, 2.24) is 14.3 Å². The molecule has 1 saturated heterocycles. The second-order valence-electron chi connectivity index (χ2n) is 10.2. The molecule has 2 N–H and O–H groups in total. The summed E-state index contributed by atoms with van der Waals surface area (Å²) in [7, 11) is -7.66. The maximum absolute atomic E-state index is 13.5. The molecule has 1 aliphatic heterocycles. The van der Waals surface area contributed by atoms with Crippen molar-refractivity contribution in [3.63, 3.8) is 0 Å². The zero-order valence-corrected chi connectivity index (χ0v) is 24.8. The van der Waals surface area contributed by atoms with E-state index in [2.05, 4.69) is 16.6 Å². The Kier molecular flexibility index (Phi) is 10.1. The van der Waals surface area contributed by atoms with Crippen LogP contribution in [0.5, 0.6) is 0 Å². The lowest BCUT2D eigenvalue weighted by atomic mass is 9.91. The van der Waals surface area contributed by atoms with Crippen molar-refractivity contribution in [2.45, 2.75) is 48.8 Å². The van der Waals surface area contributed by atoms with Gasteiger partial charge in [0.1, 0.15) is 0 Å². The Morgan fingerprint density at radius 2 is 1.60 bits per heavy atom. The van der Waals surface area contributed by atoms with Gasteiger partial charge in [-0.3, -0.25) is 4.79 Å². The van der Waals surface area contributed by atoms with Crippen LogP contribution in [0.2, 0.25) is 0 Å². The lowest BCUT2D eigenvalue weighted by Gasteiger charge is -2.24. The molecule has 4 rings (SSSR count). The van der Waals surface area contributed by atoms with Gasteiger partial charge in [-0.2, -0.15) is 17.5 Å². The highest BCUT2D eigenvalue weighted by molar-refractivity contribution is 7.92. The third-order valence-corrected chi connectivity index (χ3v) is 10.3. The summed E-state index contributed by atoms with van der Waals surface area (Å²) in [4.78, 5) is 13.4. The van der Waals surface area contributed by atoms with Crippen LogP contribution in [-0.2, 0) is 44.0 Å². The average Bonchev–Trinajstić information content (AvgIpc) is 3.48. The van der Waals surface area contributed by atoms with Crippen molar-refractivity contribution < 1.29 is 34.8 Å². The molecule has 0 bridgehead atoms. The van der Waals surface area contributed by atoms with Gasteiger partial charge in [0.25, 0.3) is 0 Å². The Morgan fingerprint density at radius 1 is 0.953 bits per heavy atom. The number of benzene rings is 3. The predicted molar refractivity (Wildman–Crippen MR) is 157 cm³/mol. The second-order valence-corrected chi connectivity index (χ2v) is 13.8. The number of amides is 1. The molecular formula is C30H32F3N3O5S2. The van der Waals surface area contributed by atoms with Crippen molar-refractivity contribution in [3.8, 4) is 0 Å². The first-order valence-corrected chi connectivity index (χ1v) is 16.5. The van der Waals surface area contributed by atoms with Crippen LogP contribution in [-0.4, -0.2) is 46.2 Å². The van der Waals surface area contributed by atoms with Gasteiger partial charge in [-0.05, 0) is 60.2 Å². The molecule has 1 fully saturated rings. The number of hydrogen-bond acceptors (Lipinski definition) is 5. The summed E-state index contributed by atoms with van der Waals surface area (Å²) < 4.78 is 92.8. The fraction of sp³-hybridized carbons (Fsp3) is 0.300. The molecule has 1 amide bonds. The first-order chi connectivity index (χ1) is 20.3. The smallest absolute Gasteiger partial charge is 0.351 e. The summed E-state index contributed by atoms with van der Waals surface area (Å²) in [6, 6.07) is 19.2. The minimum Gasteiger partial charge on any atom is -0.351 e. The van der Waals surface area contributed by atoms with Gasteiger partial charge in [0.05, 0.1) is 16.4 Å². The maximum Gasteiger partial charge on any atom is 0.416 e. The molecule has 13 heteroatoms. The SMILES string of the molecule is C=CS(=O)(=O)NC[C@H]1CCCN1S(=O)(=O)c1ccc(C(Cc2ccccc2)C(=O)NCc2ccc(C(F)(F)F)cc2)cc1. The van der Waals surface area contributed by atoms with E-state index in [1.54, 1.807) is 12.1 Å². The van der Waals surface area contributed by atoms with Gasteiger partial charge in [0, 0.05) is 31.1 Å². The average molecular weight is 636 g/mol. The van der Waals surface area contributed by atoms with Gasteiger partial charge >= 0.3 is 6.18 Å². The molecule has 8 nitrogen and oxygen atoms in total. The molecule has 0 radical (unpaired) electrons. The fourth-order valence-electron chi connectivity index (χ4n) is 4.94. The summed E-state index contributed by atoms with van der Waals surface area (Å²) in [5, 5.41) is 3.56. The lowest BCUT2D eigenvalue weighted by molar-refractivity contribution is -0.137. The molecule has 1 unspecified atom stereocenters. The van der Waals surface area contributed by atoms with Gasteiger partial charge in [-0.1, -0.05) is 61.2 Å². The quantitative estimate of drug-likeness (QED) is 0.303. The van der Waals surface area contributed by atoms with E-state index in [0.29, 0.717) is 30.4 Å². The number of sulfonamides is 2. The van der Waals surface area contributed by atoms with E-state index in [4.69, 9.17) is 0 Å². The number of carbonyl (C=O) groups is 1. The number of nitrogens with zero attached hydrogens (tertiary/aromatic N) is 1. The van der Waals surface area contributed by atoms with Crippen molar-refractivity contribution in [2.24, 2.45) is 0 Å². The number of nitrogens with one attached hydrogen (secondary N) is 2. The molecule has 2 atom stereocenters. The highest BCUT2D eigenvalue weighted by atomic mass is 32.2. The van der Waals surface area contributed by atoms with Crippen LogP contribution in [0.15, 0.2) is 95.7 Å². The van der Waals surface area contributed by atoms with E-state index in [0.717, 1.165) is 23.1 Å². The summed E-state index contributed by atoms with van der Waals surface area (Å²) in [6.07, 6.45) is -3.07. The van der Waals surface area contributed by atoms with Gasteiger partial charge in [0.15, 0.2) is 0 Å². The van der Waals surface area contributed by atoms with Crippen molar-refractivity contribution in [1.29, 1.82) is 0 Å². The number of rotatable bonds is 12. The van der Waals surface area contributed by atoms with Crippen LogP contribution >= 0.6 is 0 Å². The van der Waals surface area contributed by atoms with Gasteiger partial charge < -0.3 is 5.32 Å². The molecule has 0 aliphatic carbocycles. The Hall–Kier alpha value is -3.52. The third-order valence-electron chi connectivity index (χ3n) is 7.30. The van der Waals surface area contributed by atoms with E-state index in [1.807, 2.05) is 30.3 Å². The van der Waals surface area contributed by atoms with Gasteiger partial charge in [-0.25, -0.2) is 21.6 Å². The van der Waals surface area contributed by atoms with E-state index < -0.39 is 43.7 Å². The van der Waals surface area contributed by atoms with Crippen LogP contribution in [0.1, 0.15) is 41.0 Å². The van der Waals surface area contributed by atoms with Crippen molar-refractivity contribution >= 4 is 26.0 Å². The summed E-state index contributed by atoms with van der Waals surface area (Å²) >= 11 is 0. The zero-order chi connectivity index (χ0) is 31.3. The second kappa shape index (κ2) is 13.4. The zero-order valence-electron chi connectivity index (χ0n) is 23.1. The van der Waals surface area contributed by atoms with Crippen LogP contribution in [0.4, 0.5) is 13.2 Å². The standard InChI is InChI=1S/C30H32F3N3O5S2/c1-2-42(38,39)35-21-26-9-6-18-36(26)43(40,41)27-16-12-24(13-17-27)28(19-22-7-4-3-5-8-22)29(37)34-20-23-10-14-25(15-11-23)30(31,32)33/h2-5,7-8,10-17,26,28,35H,1,6,9,18-21H2,(H,34,37)/t26-,28?/m1/s1. The minimum absolute atomic E-state index is 0.0124. The Labute approximate surface area is 249 Å². The summed E-state index contributed by atoms with van der Waals surface area (Å²) in [6.45, 7) is 3.42. The van der Waals surface area contributed by atoms with Crippen molar-refractivity contribution in [3.05, 3.63) is 113 Å². The minimum atomic E-state index is -4.46. The first-order valence-electron chi connectivity index (χ1n) is 13.5. The fourth-order valence-corrected chi connectivity index (χ4v) is 7.18. The molecule has 0 aromatic heterocycles. The summed E-state index contributed by atoms with van der Waals surface area (Å²) in [5.74, 6) is -1.07. The molecule has 1 aliphatic rings. The van der Waals surface area contributed by atoms with E-state index >= 15 is 0 Å². The first kappa shape index (κ1) is 32.4. The highest BCUT2D eigenvalue weighted by Gasteiger charge is 2.36. The number of carbonyl (C=O) groups excluding carboxylic acids is 1. The number of halogens is 3. The predicted octanol–water partition coefficient (Wildman–Crippen LogP) is 4.56. The number of hydrogen-bond donors (Lipinski definition) is 2.